The van der Waals surface area contributed by atoms with Crippen molar-refractivity contribution in [1.29, 1.82) is 0 Å². The summed E-state index contributed by atoms with van der Waals surface area (Å²) in [6.07, 6.45) is 4.03. The van der Waals surface area contributed by atoms with E-state index in [1.54, 1.807) is 11.3 Å². The fourth-order valence-corrected chi connectivity index (χ4v) is 4.43. The number of aromatic nitrogens is 1. The average Bonchev–Trinajstić information content (AvgIpc) is 3.23. The van der Waals surface area contributed by atoms with Crippen LogP contribution >= 0.6 is 11.3 Å². The summed E-state index contributed by atoms with van der Waals surface area (Å²) in [5.74, 6) is 0. The van der Waals surface area contributed by atoms with Crippen molar-refractivity contribution >= 4 is 11.3 Å². The summed E-state index contributed by atoms with van der Waals surface area (Å²) in [5.41, 5.74) is 2.31. The van der Waals surface area contributed by atoms with Crippen molar-refractivity contribution in [2.45, 2.75) is 37.9 Å². The maximum absolute atomic E-state index is 4.77. The number of hydrogen-bond donors (Lipinski definition) is 1. The predicted molar refractivity (Wildman–Crippen MR) is 87.4 cm³/mol. The lowest BCUT2D eigenvalue weighted by molar-refractivity contribution is 0.298. The van der Waals surface area contributed by atoms with Crippen LogP contribution in [0.1, 0.15) is 24.3 Å². The molecule has 3 heterocycles. The summed E-state index contributed by atoms with van der Waals surface area (Å²) in [4.78, 5) is 7.42. The van der Waals surface area contributed by atoms with E-state index in [0.29, 0.717) is 6.04 Å². The molecule has 3 nitrogen and oxygen atoms in total. The van der Waals surface area contributed by atoms with E-state index < -0.39 is 0 Å². The number of thiazole rings is 1. The maximum Gasteiger partial charge on any atom is 0.107 e. The van der Waals surface area contributed by atoms with Gasteiger partial charge in [0.25, 0.3) is 0 Å². The fraction of sp³-hybridized carbons (Fsp3) is 0.471. The lowest BCUT2D eigenvalue weighted by Gasteiger charge is -2.20. The van der Waals surface area contributed by atoms with Crippen LogP contribution in [0.15, 0.2) is 35.7 Å². The third kappa shape index (κ3) is 2.76. The Balaban J connectivity index is 1.39. The van der Waals surface area contributed by atoms with Gasteiger partial charge in [-0.1, -0.05) is 30.3 Å². The zero-order valence-electron chi connectivity index (χ0n) is 12.2. The molecule has 2 atom stereocenters. The molecule has 0 radical (unpaired) electrons. The molecule has 2 saturated heterocycles. The molecule has 1 N–H and O–H groups in total. The molecule has 0 spiro atoms. The number of hydrogen-bond acceptors (Lipinski definition) is 4. The second kappa shape index (κ2) is 5.87. The molecular formula is C17H21N3S. The Kier molecular flexibility index (Phi) is 3.76. The van der Waals surface area contributed by atoms with Crippen molar-refractivity contribution in [1.82, 2.24) is 15.2 Å². The monoisotopic (exact) mass is 299 g/mol. The van der Waals surface area contributed by atoms with Crippen LogP contribution in [0.3, 0.4) is 0 Å². The highest BCUT2D eigenvalue weighted by molar-refractivity contribution is 7.09. The van der Waals surface area contributed by atoms with Crippen LogP contribution in [0.4, 0.5) is 0 Å². The van der Waals surface area contributed by atoms with E-state index in [-0.39, 0.29) is 0 Å². The smallest absolute Gasteiger partial charge is 0.107 e. The van der Waals surface area contributed by atoms with E-state index in [2.05, 4.69) is 39.9 Å². The van der Waals surface area contributed by atoms with E-state index in [1.807, 2.05) is 6.07 Å². The molecule has 2 aliphatic heterocycles. The Bertz CT molecular complexity index is 595. The lowest BCUT2D eigenvalue weighted by atomic mass is 10.1. The van der Waals surface area contributed by atoms with Crippen LogP contribution in [0.25, 0.3) is 11.3 Å². The lowest BCUT2D eigenvalue weighted by Crippen LogP contribution is -2.38. The van der Waals surface area contributed by atoms with E-state index >= 15 is 0 Å². The van der Waals surface area contributed by atoms with Gasteiger partial charge in [0.05, 0.1) is 5.69 Å². The van der Waals surface area contributed by atoms with Crippen molar-refractivity contribution in [2.75, 3.05) is 13.1 Å². The molecule has 2 aliphatic rings. The molecule has 4 heteroatoms. The minimum Gasteiger partial charge on any atom is -0.306 e. The zero-order chi connectivity index (χ0) is 14.1. The van der Waals surface area contributed by atoms with Gasteiger partial charge in [0.15, 0.2) is 0 Å². The first-order valence-corrected chi connectivity index (χ1v) is 8.75. The zero-order valence-corrected chi connectivity index (χ0v) is 13.0. The molecule has 0 bridgehead atoms. The van der Waals surface area contributed by atoms with E-state index in [1.165, 1.54) is 42.9 Å². The molecule has 4 rings (SSSR count). The fourth-order valence-electron chi connectivity index (χ4n) is 3.67. The molecule has 110 valence electrons. The standard InChI is InChI=1S/C17H21N3S/c1-2-5-13(6-3-1)15-12-21-17(19-15)11-18-14-8-10-20-9-4-7-16(14)20/h1-3,5-6,12,14,16,18H,4,7-11H2. The van der Waals surface area contributed by atoms with Gasteiger partial charge in [0.2, 0.25) is 0 Å². The van der Waals surface area contributed by atoms with E-state index in [9.17, 15) is 0 Å². The van der Waals surface area contributed by atoms with Crippen LogP contribution < -0.4 is 5.32 Å². The summed E-state index contributed by atoms with van der Waals surface area (Å²) in [5, 5.41) is 7.11. The summed E-state index contributed by atoms with van der Waals surface area (Å²) in [7, 11) is 0. The Labute approximate surface area is 130 Å². The van der Waals surface area contributed by atoms with Gasteiger partial charge in [-0.25, -0.2) is 4.98 Å². The summed E-state index contributed by atoms with van der Waals surface area (Å²) in [6, 6.07) is 11.9. The number of benzene rings is 1. The van der Waals surface area contributed by atoms with Crippen LogP contribution in [-0.2, 0) is 6.54 Å². The summed E-state index contributed by atoms with van der Waals surface area (Å²) >= 11 is 1.77. The van der Waals surface area contributed by atoms with Gasteiger partial charge in [-0.15, -0.1) is 11.3 Å². The van der Waals surface area contributed by atoms with Gasteiger partial charge in [-0.05, 0) is 25.8 Å². The highest BCUT2D eigenvalue weighted by Gasteiger charge is 2.36. The first kappa shape index (κ1) is 13.4. The first-order valence-electron chi connectivity index (χ1n) is 7.87. The Morgan fingerprint density at radius 3 is 3.00 bits per heavy atom. The molecule has 2 fully saturated rings. The van der Waals surface area contributed by atoms with Gasteiger partial charge < -0.3 is 5.32 Å². The van der Waals surface area contributed by atoms with Crippen LogP contribution in [-0.4, -0.2) is 35.1 Å². The third-order valence-electron chi connectivity index (χ3n) is 4.74. The minimum atomic E-state index is 0.663. The third-order valence-corrected chi connectivity index (χ3v) is 5.59. The topological polar surface area (TPSA) is 28.2 Å². The number of nitrogens with zero attached hydrogens (tertiary/aromatic N) is 2. The molecule has 21 heavy (non-hydrogen) atoms. The maximum atomic E-state index is 4.77. The number of nitrogens with one attached hydrogen (secondary N) is 1. The Morgan fingerprint density at radius 1 is 1.19 bits per heavy atom. The predicted octanol–water partition coefficient (Wildman–Crippen LogP) is 3.14. The van der Waals surface area contributed by atoms with Gasteiger partial charge in [-0.2, -0.15) is 0 Å². The minimum absolute atomic E-state index is 0.663. The number of rotatable bonds is 4. The molecule has 1 aromatic carbocycles. The second-order valence-electron chi connectivity index (χ2n) is 6.01. The van der Waals surface area contributed by atoms with Gasteiger partial charge >= 0.3 is 0 Å². The molecule has 0 saturated carbocycles. The number of fused-ring (bicyclic) bond motifs is 1. The SMILES string of the molecule is c1ccc(-c2csc(CNC3CCN4CCCC34)n2)cc1. The van der Waals surface area contributed by atoms with Crippen molar-refractivity contribution in [3.8, 4) is 11.3 Å². The van der Waals surface area contributed by atoms with E-state index in [0.717, 1.165) is 18.3 Å². The first-order chi connectivity index (χ1) is 10.4. The normalized spacial score (nSPS) is 25.3. The average molecular weight is 299 g/mol. The summed E-state index contributed by atoms with van der Waals surface area (Å²) in [6.45, 7) is 3.49. The van der Waals surface area contributed by atoms with Gasteiger partial charge in [0.1, 0.15) is 5.01 Å². The molecule has 2 unspecified atom stereocenters. The second-order valence-corrected chi connectivity index (χ2v) is 6.96. The van der Waals surface area contributed by atoms with Crippen molar-refractivity contribution < 1.29 is 0 Å². The summed E-state index contributed by atoms with van der Waals surface area (Å²) < 4.78 is 0. The van der Waals surface area contributed by atoms with Crippen LogP contribution in [0.2, 0.25) is 0 Å². The highest BCUT2D eigenvalue weighted by Crippen LogP contribution is 2.28. The van der Waals surface area contributed by atoms with Crippen molar-refractivity contribution in [3.63, 3.8) is 0 Å². The highest BCUT2D eigenvalue weighted by atomic mass is 32.1. The van der Waals surface area contributed by atoms with Crippen LogP contribution in [0, 0.1) is 0 Å². The molecule has 1 aromatic heterocycles. The Hall–Kier alpha value is -1.23. The molecule has 0 amide bonds. The molecule has 2 aromatic rings. The quantitative estimate of drug-likeness (QED) is 0.940. The van der Waals surface area contributed by atoms with Crippen LogP contribution in [0.5, 0.6) is 0 Å². The van der Waals surface area contributed by atoms with Crippen molar-refractivity contribution in [2.24, 2.45) is 0 Å². The molecular weight excluding hydrogens is 278 g/mol. The molecule has 0 aliphatic carbocycles. The van der Waals surface area contributed by atoms with Gasteiger partial charge in [-0.3, -0.25) is 4.90 Å². The van der Waals surface area contributed by atoms with Crippen molar-refractivity contribution in [3.05, 3.63) is 40.7 Å². The Morgan fingerprint density at radius 2 is 2.10 bits per heavy atom. The largest absolute Gasteiger partial charge is 0.306 e. The van der Waals surface area contributed by atoms with Gasteiger partial charge in [0, 0.05) is 36.1 Å². The van der Waals surface area contributed by atoms with E-state index in [4.69, 9.17) is 4.98 Å².